The van der Waals surface area contributed by atoms with E-state index in [4.69, 9.17) is 11.6 Å². The standard InChI is InChI=1S/C33H30ClN2O4P/c1-21(23-10-12-24(13-11-23)33(38)39)35-32(37)30-19-27(25-7-5-9-29(18-25)41(2,3)40)17-26-14-15-36(31(26)30)20-22-6-4-8-28(34)16-22/h4-19,21H,20H2,1-3H3,(H,35,37)(H,38,39)/t21-/m0/s1. The number of carboxylic acids is 1. The predicted octanol–water partition coefficient (Wildman–Crippen LogP) is 7.45. The topological polar surface area (TPSA) is 88.4 Å². The number of rotatable bonds is 8. The fourth-order valence-electron chi connectivity index (χ4n) is 4.95. The van der Waals surface area contributed by atoms with Crippen molar-refractivity contribution in [3.05, 3.63) is 124 Å². The molecule has 0 radical (unpaired) electrons. The maximum atomic E-state index is 13.9. The molecule has 41 heavy (non-hydrogen) atoms. The van der Waals surface area contributed by atoms with Crippen LogP contribution in [-0.4, -0.2) is 34.9 Å². The molecule has 0 aliphatic rings. The quantitative estimate of drug-likeness (QED) is 0.185. The van der Waals surface area contributed by atoms with E-state index in [1.165, 1.54) is 12.1 Å². The van der Waals surface area contributed by atoms with Crippen molar-refractivity contribution >= 4 is 46.8 Å². The summed E-state index contributed by atoms with van der Waals surface area (Å²) in [6, 6.07) is 27.3. The number of aromatic nitrogens is 1. The number of amides is 1. The molecule has 1 heterocycles. The molecule has 0 bridgehead atoms. The van der Waals surface area contributed by atoms with Gasteiger partial charge in [0.25, 0.3) is 5.91 Å². The van der Waals surface area contributed by atoms with Gasteiger partial charge in [-0.2, -0.15) is 0 Å². The molecule has 2 N–H and O–H groups in total. The summed E-state index contributed by atoms with van der Waals surface area (Å²) < 4.78 is 14.8. The largest absolute Gasteiger partial charge is 0.478 e. The Kier molecular flexibility index (Phi) is 7.90. The molecule has 1 atom stereocenters. The van der Waals surface area contributed by atoms with Gasteiger partial charge in [-0.1, -0.05) is 54.1 Å². The number of aromatic carboxylic acids is 1. The number of hydrogen-bond donors (Lipinski definition) is 2. The van der Waals surface area contributed by atoms with Crippen LogP contribution in [0.15, 0.2) is 97.2 Å². The highest BCUT2D eigenvalue weighted by Crippen LogP contribution is 2.37. The van der Waals surface area contributed by atoms with Gasteiger partial charge in [-0.3, -0.25) is 4.79 Å². The monoisotopic (exact) mass is 584 g/mol. The SMILES string of the molecule is C[C@H](NC(=O)c1cc(-c2cccc(P(C)(C)=O)c2)cc2ccn(Cc3cccc(Cl)c3)c12)c1ccc(C(=O)O)cc1. The van der Waals surface area contributed by atoms with E-state index in [1.54, 1.807) is 25.5 Å². The molecule has 6 nitrogen and oxygen atoms in total. The number of nitrogens with one attached hydrogen (secondary N) is 1. The van der Waals surface area contributed by atoms with E-state index < -0.39 is 13.1 Å². The van der Waals surface area contributed by atoms with E-state index in [2.05, 4.69) is 5.32 Å². The van der Waals surface area contributed by atoms with Crippen LogP contribution < -0.4 is 10.6 Å². The Morgan fingerprint density at radius 1 is 0.927 bits per heavy atom. The molecule has 5 rings (SSSR count). The lowest BCUT2D eigenvalue weighted by atomic mass is 9.99. The fourth-order valence-corrected chi connectivity index (χ4v) is 6.05. The molecule has 1 aromatic heterocycles. The van der Waals surface area contributed by atoms with Crippen molar-refractivity contribution in [2.75, 3.05) is 13.3 Å². The number of fused-ring (bicyclic) bond motifs is 1. The van der Waals surface area contributed by atoms with Crippen LogP contribution in [0.25, 0.3) is 22.0 Å². The van der Waals surface area contributed by atoms with Gasteiger partial charge in [-0.25, -0.2) is 4.79 Å². The van der Waals surface area contributed by atoms with Crippen molar-refractivity contribution < 1.29 is 19.3 Å². The molecule has 208 valence electrons. The van der Waals surface area contributed by atoms with Crippen molar-refractivity contribution in [1.29, 1.82) is 0 Å². The Bertz CT molecular complexity index is 1820. The van der Waals surface area contributed by atoms with Crippen LogP contribution in [-0.2, 0) is 11.1 Å². The van der Waals surface area contributed by atoms with Crippen molar-refractivity contribution in [3.63, 3.8) is 0 Å². The van der Waals surface area contributed by atoms with E-state index >= 15 is 0 Å². The van der Waals surface area contributed by atoms with Crippen LogP contribution in [0.1, 0.15) is 44.8 Å². The van der Waals surface area contributed by atoms with Gasteiger partial charge in [0.2, 0.25) is 0 Å². The van der Waals surface area contributed by atoms with Crippen LogP contribution in [0, 0.1) is 0 Å². The van der Waals surface area contributed by atoms with E-state index in [0.717, 1.165) is 38.5 Å². The minimum atomic E-state index is -2.48. The summed E-state index contributed by atoms with van der Waals surface area (Å²) in [6.45, 7) is 5.88. The van der Waals surface area contributed by atoms with Gasteiger partial charge in [0.1, 0.15) is 7.14 Å². The smallest absolute Gasteiger partial charge is 0.335 e. The molecule has 1 amide bonds. The van der Waals surface area contributed by atoms with E-state index in [-0.39, 0.29) is 17.5 Å². The summed E-state index contributed by atoms with van der Waals surface area (Å²) in [7, 11) is -2.48. The molecule has 8 heteroatoms. The zero-order chi connectivity index (χ0) is 29.3. The average Bonchev–Trinajstić information content (AvgIpc) is 3.34. The first-order valence-corrected chi connectivity index (χ1v) is 16.1. The lowest BCUT2D eigenvalue weighted by molar-refractivity contribution is 0.0696. The predicted molar refractivity (Wildman–Crippen MR) is 166 cm³/mol. The first-order chi connectivity index (χ1) is 19.5. The molecule has 4 aromatic carbocycles. The summed E-state index contributed by atoms with van der Waals surface area (Å²) in [6.07, 6.45) is 1.96. The lowest BCUT2D eigenvalue weighted by Gasteiger charge is -2.17. The van der Waals surface area contributed by atoms with Gasteiger partial charge in [0, 0.05) is 28.5 Å². The van der Waals surface area contributed by atoms with Gasteiger partial charge in [0.05, 0.1) is 22.7 Å². The third kappa shape index (κ3) is 6.30. The number of benzene rings is 4. The van der Waals surface area contributed by atoms with Gasteiger partial charge in [-0.15, -0.1) is 0 Å². The highest BCUT2D eigenvalue weighted by molar-refractivity contribution is 7.70. The van der Waals surface area contributed by atoms with Crippen LogP contribution in [0.5, 0.6) is 0 Å². The Hall–Kier alpha value is -4.12. The Balaban J connectivity index is 1.58. The van der Waals surface area contributed by atoms with Crippen molar-refractivity contribution in [3.8, 4) is 11.1 Å². The lowest BCUT2D eigenvalue weighted by Crippen LogP contribution is -2.27. The number of carboxylic acid groups (broad SMARTS) is 1. The van der Waals surface area contributed by atoms with Crippen molar-refractivity contribution in [1.82, 2.24) is 9.88 Å². The molecule has 5 aromatic rings. The van der Waals surface area contributed by atoms with Crippen LogP contribution in [0.3, 0.4) is 0 Å². The normalized spacial score (nSPS) is 12.3. The summed E-state index contributed by atoms with van der Waals surface area (Å²) in [5.41, 5.74) is 4.99. The summed E-state index contributed by atoms with van der Waals surface area (Å²) in [5.74, 6) is -1.26. The second kappa shape index (κ2) is 11.4. The zero-order valence-corrected chi connectivity index (χ0v) is 24.6. The second-order valence-corrected chi connectivity index (χ2v) is 14.2. The third-order valence-electron chi connectivity index (χ3n) is 7.15. The molecular weight excluding hydrogens is 555 g/mol. The highest BCUT2D eigenvalue weighted by Gasteiger charge is 2.20. The number of carbonyl (C=O) groups excluding carboxylic acids is 1. The number of carbonyl (C=O) groups is 2. The molecule has 0 saturated heterocycles. The minimum Gasteiger partial charge on any atom is -0.478 e. The first kappa shape index (κ1) is 28.4. The molecule has 0 unspecified atom stereocenters. The van der Waals surface area contributed by atoms with Crippen LogP contribution >= 0.6 is 18.7 Å². The Labute approximate surface area is 244 Å². The van der Waals surface area contributed by atoms with Crippen LogP contribution in [0.2, 0.25) is 5.02 Å². The fraction of sp³-hybridized carbons (Fsp3) is 0.152. The molecule has 0 aliphatic heterocycles. The average molecular weight is 585 g/mol. The van der Waals surface area contributed by atoms with Gasteiger partial charge in [0.15, 0.2) is 0 Å². The zero-order valence-electron chi connectivity index (χ0n) is 23.0. The first-order valence-electron chi connectivity index (χ1n) is 13.2. The van der Waals surface area contributed by atoms with Gasteiger partial charge in [-0.05, 0) is 91.0 Å². The number of halogens is 1. The number of hydrogen-bond acceptors (Lipinski definition) is 3. The number of nitrogens with zero attached hydrogens (tertiary/aromatic N) is 1. The molecular formula is C33H30ClN2O4P. The van der Waals surface area contributed by atoms with Crippen LogP contribution in [0.4, 0.5) is 0 Å². The van der Waals surface area contributed by atoms with Crippen molar-refractivity contribution in [2.24, 2.45) is 0 Å². The van der Waals surface area contributed by atoms with E-state index in [1.807, 2.05) is 84.4 Å². The summed E-state index contributed by atoms with van der Waals surface area (Å²) >= 11 is 6.23. The molecule has 0 fully saturated rings. The highest BCUT2D eigenvalue weighted by atomic mass is 35.5. The maximum absolute atomic E-state index is 13.9. The summed E-state index contributed by atoms with van der Waals surface area (Å²) in [4.78, 5) is 25.2. The third-order valence-corrected chi connectivity index (χ3v) is 8.91. The van der Waals surface area contributed by atoms with E-state index in [9.17, 15) is 19.3 Å². The Morgan fingerprint density at radius 3 is 2.34 bits per heavy atom. The van der Waals surface area contributed by atoms with Gasteiger partial charge >= 0.3 is 5.97 Å². The van der Waals surface area contributed by atoms with Gasteiger partial charge < -0.3 is 19.6 Å². The second-order valence-electron chi connectivity index (χ2n) is 10.6. The maximum Gasteiger partial charge on any atom is 0.335 e. The molecule has 0 spiro atoms. The Morgan fingerprint density at radius 2 is 1.66 bits per heavy atom. The molecule has 0 saturated carbocycles. The van der Waals surface area contributed by atoms with E-state index in [0.29, 0.717) is 17.1 Å². The minimum absolute atomic E-state index is 0.187. The van der Waals surface area contributed by atoms with Crippen molar-refractivity contribution in [2.45, 2.75) is 19.5 Å². The summed E-state index contributed by atoms with van der Waals surface area (Å²) in [5, 5.41) is 14.6. The molecule has 0 aliphatic carbocycles.